The van der Waals surface area contributed by atoms with Crippen LogP contribution in [0.1, 0.15) is 39.5 Å². The van der Waals surface area contributed by atoms with E-state index in [1.54, 1.807) is 13.8 Å². The molecule has 10 nitrogen and oxygen atoms in total. The highest BCUT2D eigenvalue weighted by atomic mass is 32.2. The Balaban J connectivity index is 4.78. The van der Waals surface area contributed by atoms with E-state index < -0.39 is 26.0 Å². The molecule has 0 aliphatic carbocycles. The number of carbonyl (C=O) groups excluding carboxylic acids is 1. The van der Waals surface area contributed by atoms with Gasteiger partial charge in [0.15, 0.2) is 0 Å². The van der Waals surface area contributed by atoms with Gasteiger partial charge in [-0.3, -0.25) is 13.9 Å². The average Bonchev–Trinajstić information content (AvgIpc) is 2.53. The molecule has 1 amide bonds. The van der Waals surface area contributed by atoms with Gasteiger partial charge < -0.3 is 14.4 Å². The van der Waals surface area contributed by atoms with E-state index in [-0.39, 0.29) is 56.7 Å². The summed E-state index contributed by atoms with van der Waals surface area (Å²) >= 11 is 0. The maximum Gasteiger partial charge on any atom is 0.264 e. The molecule has 12 heteroatoms. The molecule has 0 fully saturated rings. The van der Waals surface area contributed by atoms with Gasteiger partial charge in [0.1, 0.15) is 6.73 Å². The van der Waals surface area contributed by atoms with Crippen molar-refractivity contribution in [2.75, 3.05) is 44.6 Å². The van der Waals surface area contributed by atoms with Crippen LogP contribution in [0.15, 0.2) is 0 Å². The van der Waals surface area contributed by atoms with Crippen molar-refractivity contribution in [3.05, 3.63) is 0 Å². The minimum Gasteiger partial charge on any atom is -0.381 e. The molecule has 0 heterocycles. The van der Waals surface area contributed by atoms with Crippen LogP contribution >= 0.6 is 0 Å². The molecule has 1 unspecified atom stereocenters. The number of hydrogen-bond acceptors (Lipinski definition) is 7. The molecule has 0 rings (SSSR count). The molecule has 2 N–H and O–H groups in total. The second-order valence-corrected chi connectivity index (χ2v) is 9.22. The van der Waals surface area contributed by atoms with Crippen LogP contribution in [-0.4, -0.2) is 81.4 Å². The Bertz CT molecular complexity index is 619. The van der Waals surface area contributed by atoms with Crippen molar-refractivity contribution < 1.29 is 40.2 Å². The summed E-state index contributed by atoms with van der Waals surface area (Å²) < 4.78 is 71.5. The number of ether oxygens (including phenoxy) is 2. The van der Waals surface area contributed by atoms with Crippen molar-refractivity contribution in [3.8, 4) is 0 Å². The lowest BCUT2D eigenvalue weighted by Gasteiger charge is -2.25. The van der Waals surface area contributed by atoms with Crippen LogP contribution in [0, 0.1) is 5.92 Å². The Hall–Kier alpha value is -0.790. The molecular weight excluding hydrogens is 402 g/mol. The van der Waals surface area contributed by atoms with Crippen molar-refractivity contribution in [2.24, 2.45) is 5.92 Å². The summed E-state index contributed by atoms with van der Waals surface area (Å²) in [7, 11) is -8.17. The largest absolute Gasteiger partial charge is 0.381 e. The highest BCUT2D eigenvalue weighted by Gasteiger charge is 2.21. The number of nitrogens with zero attached hydrogens (tertiary/aromatic N) is 1. The van der Waals surface area contributed by atoms with Gasteiger partial charge >= 0.3 is 0 Å². The average molecular weight is 434 g/mol. The normalized spacial score (nSPS) is 13.5. The summed E-state index contributed by atoms with van der Waals surface area (Å²) in [5.74, 6) is -1.37. The topological polar surface area (TPSA) is 148 Å². The Morgan fingerprint density at radius 3 is 2.04 bits per heavy atom. The second-order valence-electron chi connectivity index (χ2n) is 6.08. The lowest BCUT2D eigenvalue weighted by atomic mass is 10.00. The quantitative estimate of drug-likeness (QED) is 0.266. The van der Waals surface area contributed by atoms with Crippen molar-refractivity contribution >= 4 is 26.1 Å². The molecule has 1 atom stereocenters. The van der Waals surface area contributed by atoms with Gasteiger partial charge in [0.05, 0.1) is 11.5 Å². The fourth-order valence-corrected chi connectivity index (χ4v) is 3.39. The van der Waals surface area contributed by atoms with Crippen molar-refractivity contribution in [3.63, 3.8) is 0 Å². The van der Waals surface area contributed by atoms with E-state index >= 15 is 0 Å². The third kappa shape index (κ3) is 15.9. The highest BCUT2D eigenvalue weighted by molar-refractivity contribution is 7.86. The standard InChI is InChI=1S/C15H31NO9S2/c1-3-24-12-14(7-5-9-26(18,19)20)11-15(17)16(13-25-4-2)8-6-10-27(21,22)23/h14H,3-13H2,1-2H3,(H,18,19,20)(H,21,22,23). The fourth-order valence-electron chi connectivity index (χ4n) is 2.36. The Morgan fingerprint density at radius 1 is 0.963 bits per heavy atom. The zero-order valence-corrected chi connectivity index (χ0v) is 17.5. The maximum absolute atomic E-state index is 12.5. The molecular formula is C15H31NO9S2. The van der Waals surface area contributed by atoms with Crippen LogP contribution in [0.3, 0.4) is 0 Å². The lowest BCUT2D eigenvalue weighted by Crippen LogP contribution is -2.36. The van der Waals surface area contributed by atoms with Crippen LogP contribution in [-0.2, 0) is 34.5 Å². The second kappa shape index (κ2) is 13.4. The van der Waals surface area contributed by atoms with E-state index in [9.17, 15) is 21.6 Å². The first-order chi connectivity index (χ1) is 12.5. The minimum atomic E-state index is -4.11. The molecule has 0 aromatic rings. The highest BCUT2D eigenvalue weighted by Crippen LogP contribution is 2.15. The zero-order valence-electron chi connectivity index (χ0n) is 15.9. The predicted molar refractivity (Wildman–Crippen MR) is 99.5 cm³/mol. The monoisotopic (exact) mass is 433 g/mol. The van der Waals surface area contributed by atoms with Gasteiger partial charge in [-0.2, -0.15) is 16.8 Å². The van der Waals surface area contributed by atoms with Crippen LogP contribution < -0.4 is 0 Å². The van der Waals surface area contributed by atoms with Crippen molar-refractivity contribution in [1.82, 2.24) is 4.90 Å². The minimum absolute atomic E-state index is 0.00676. The lowest BCUT2D eigenvalue weighted by molar-refractivity contribution is -0.138. The van der Waals surface area contributed by atoms with Crippen LogP contribution in [0.4, 0.5) is 0 Å². The van der Waals surface area contributed by atoms with Gasteiger partial charge in [-0.1, -0.05) is 0 Å². The third-order valence-electron chi connectivity index (χ3n) is 3.67. The zero-order chi connectivity index (χ0) is 20.9. The van der Waals surface area contributed by atoms with E-state index in [4.69, 9.17) is 18.6 Å². The number of amides is 1. The van der Waals surface area contributed by atoms with Gasteiger partial charge in [-0.25, -0.2) is 0 Å². The first-order valence-corrected chi connectivity index (χ1v) is 12.0. The molecule has 0 saturated heterocycles. The smallest absolute Gasteiger partial charge is 0.264 e. The number of carbonyl (C=O) groups is 1. The van der Waals surface area contributed by atoms with E-state index in [0.717, 1.165) is 0 Å². The van der Waals surface area contributed by atoms with Gasteiger partial charge in [-0.15, -0.1) is 0 Å². The van der Waals surface area contributed by atoms with E-state index in [2.05, 4.69) is 0 Å². The summed E-state index contributed by atoms with van der Waals surface area (Å²) in [6, 6.07) is 0. The molecule has 0 bridgehead atoms. The Morgan fingerprint density at radius 2 is 1.52 bits per heavy atom. The molecule has 27 heavy (non-hydrogen) atoms. The number of hydrogen-bond donors (Lipinski definition) is 2. The molecule has 0 aromatic heterocycles. The predicted octanol–water partition coefficient (Wildman–Crippen LogP) is 0.798. The SMILES string of the molecule is CCOCC(CCCS(=O)(=O)O)CC(=O)N(CCCS(=O)(=O)O)COCC. The van der Waals surface area contributed by atoms with Crippen LogP contribution in [0.25, 0.3) is 0 Å². The van der Waals surface area contributed by atoms with E-state index in [0.29, 0.717) is 19.6 Å². The first kappa shape index (κ1) is 26.2. The van der Waals surface area contributed by atoms with E-state index in [1.165, 1.54) is 4.90 Å². The molecule has 0 aliphatic heterocycles. The van der Waals surface area contributed by atoms with Crippen molar-refractivity contribution in [1.29, 1.82) is 0 Å². The fraction of sp³-hybridized carbons (Fsp3) is 0.933. The summed E-state index contributed by atoms with van der Waals surface area (Å²) in [6.45, 7) is 4.74. The summed E-state index contributed by atoms with van der Waals surface area (Å²) in [6.07, 6.45) is 0.706. The molecule has 0 radical (unpaired) electrons. The summed E-state index contributed by atoms with van der Waals surface area (Å²) in [5.41, 5.74) is 0. The van der Waals surface area contributed by atoms with E-state index in [1.807, 2.05) is 0 Å². The van der Waals surface area contributed by atoms with Gasteiger partial charge in [-0.05, 0) is 39.0 Å². The summed E-state index contributed by atoms with van der Waals surface area (Å²) in [4.78, 5) is 13.9. The summed E-state index contributed by atoms with van der Waals surface area (Å²) in [5, 5.41) is 0. The molecule has 0 aromatic carbocycles. The van der Waals surface area contributed by atoms with Gasteiger partial charge in [0.2, 0.25) is 5.91 Å². The van der Waals surface area contributed by atoms with Crippen molar-refractivity contribution in [2.45, 2.75) is 39.5 Å². The maximum atomic E-state index is 12.5. The van der Waals surface area contributed by atoms with Crippen LogP contribution in [0.5, 0.6) is 0 Å². The number of rotatable bonds is 16. The van der Waals surface area contributed by atoms with Gasteiger partial charge in [0.25, 0.3) is 20.2 Å². The molecule has 162 valence electrons. The third-order valence-corrected chi connectivity index (χ3v) is 5.28. The van der Waals surface area contributed by atoms with Gasteiger partial charge in [0, 0.05) is 32.8 Å². The molecule has 0 aliphatic rings. The Labute approximate surface area is 161 Å². The van der Waals surface area contributed by atoms with Crippen LogP contribution in [0.2, 0.25) is 0 Å². The first-order valence-electron chi connectivity index (χ1n) is 8.82. The molecule has 0 saturated carbocycles. The molecule has 0 spiro atoms. The Kier molecular flexibility index (Phi) is 13.0.